The van der Waals surface area contributed by atoms with Crippen molar-refractivity contribution in [1.29, 1.82) is 0 Å². The Kier molecular flexibility index (Phi) is 8.02. The Morgan fingerprint density at radius 1 is 1.10 bits per heavy atom. The quantitative estimate of drug-likeness (QED) is 0.335. The highest BCUT2D eigenvalue weighted by atomic mass is 79.9. The Morgan fingerprint density at radius 3 is 2.55 bits per heavy atom. The Balaban J connectivity index is 1.62. The predicted octanol–water partition coefficient (Wildman–Crippen LogP) is 4.45. The van der Waals surface area contributed by atoms with Crippen LogP contribution in [0.15, 0.2) is 70.8 Å². The first kappa shape index (κ1) is 22.8. The molecule has 0 aliphatic carbocycles. The number of nitrogens with zero attached hydrogens (tertiary/aromatic N) is 3. The van der Waals surface area contributed by atoms with Crippen LogP contribution in [-0.2, 0) is 22.6 Å². The van der Waals surface area contributed by atoms with E-state index in [1.165, 1.54) is 11.8 Å². The molecule has 0 aliphatic heterocycles. The minimum absolute atomic E-state index is 0.0703. The van der Waals surface area contributed by atoms with Gasteiger partial charge < -0.3 is 15.2 Å². The highest BCUT2D eigenvalue weighted by Gasteiger charge is 2.16. The van der Waals surface area contributed by atoms with Gasteiger partial charge in [-0.2, -0.15) is 0 Å². The van der Waals surface area contributed by atoms with Gasteiger partial charge in [-0.25, -0.2) is 0 Å². The summed E-state index contributed by atoms with van der Waals surface area (Å²) >= 11 is 4.63. The van der Waals surface area contributed by atoms with Crippen LogP contribution < -0.4 is 10.6 Å². The van der Waals surface area contributed by atoms with Crippen LogP contribution in [0.1, 0.15) is 11.4 Å². The summed E-state index contributed by atoms with van der Waals surface area (Å²) in [5.74, 6) is 0.346. The fourth-order valence-electron chi connectivity index (χ4n) is 2.78. The number of carbonyl (C=O) groups excluding carboxylic acids is 2. The van der Waals surface area contributed by atoms with Crippen LogP contribution in [0.4, 0.5) is 11.4 Å². The molecular weight excluding hydrogens is 478 g/mol. The molecule has 2 aromatic carbocycles. The molecule has 9 heteroatoms. The van der Waals surface area contributed by atoms with Gasteiger partial charge in [0.1, 0.15) is 5.82 Å². The Morgan fingerprint density at radius 2 is 1.84 bits per heavy atom. The normalized spacial score (nSPS) is 10.5. The molecule has 0 saturated heterocycles. The van der Waals surface area contributed by atoms with Crippen molar-refractivity contribution in [3.05, 3.63) is 77.0 Å². The number of hydrogen-bond donors (Lipinski definition) is 2. The van der Waals surface area contributed by atoms with Gasteiger partial charge in [0.2, 0.25) is 11.8 Å². The largest absolute Gasteiger partial charge is 0.325 e. The third kappa shape index (κ3) is 6.53. The zero-order valence-corrected chi connectivity index (χ0v) is 19.4. The van der Waals surface area contributed by atoms with Gasteiger partial charge in [-0.15, -0.1) is 16.8 Å². The van der Waals surface area contributed by atoms with E-state index in [1.54, 1.807) is 10.6 Å². The number of carbonyl (C=O) groups is 2. The molecular formula is C22H22BrN5O2S. The smallest absolute Gasteiger partial charge is 0.234 e. The molecule has 3 rings (SSSR count). The lowest BCUT2D eigenvalue weighted by Crippen LogP contribution is -2.18. The zero-order valence-electron chi connectivity index (χ0n) is 17.0. The molecule has 0 fully saturated rings. The van der Waals surface area contributed by atoms with Crippen LogP contribution in [0.25, 0.3) is 0 Å². The maximum absolute atomic E-state index is 12.5. The Bertz CT molecular complexity index is 1080. The first-order valence-electron chi connectivity index (χ1n) is 9.53. The highest BCUT2D eigenvalue weighted by Crippen LogP contribution is 2.20. The second-order valence-corrected chi connectivity index (χ2v) is 8.54. The van der Waals surface area contributed by atoms with E-state index in [-0.39, 0.29) is 24.0 Å². The molecule has 7 nitrogen and oxygen atoms in total. The highest BCUT2D eigenvalue weighted by molar-refractivity contribution is 9.10. The van der Waals surface area contributed by atoms with Crippen molar-refractivity contribution in [3.8, 4) is 0 Å². The van der Waals surface area contributed by atoms with E-state index in [0.717, 1.165) is 21.4 Å². The number of para-hydroxylation sites is 1. The van der Waals surface area contributed by atoms with E-state index in [2.05, 4.69) is 43.3 Å². The molecule has 2 N–H and O–H groups in total. The van der Waals surface area contributed by atoms with Crippen LogP contribution in [0, 0.1) is 6.92 Å². The van der Waals surface area contributed by atoms with E-state index < -0.39 is 0 Å². The second kappa shape index (κ2) is 10.9. The van der Waals surface area contributed by atoms with Gasteiger partial charge in [0.25, 0.3) is 0 Å². The van der Waals surface area contributed by atoms with Crippen LogP contribution in [-0.4, -0.2) is 32.3 Å². The number of halogens is 1. The van der Waals surface area contributed by atoms with Crippen molar-refractivity contribution in [2.45, 2.75) is 25.0 Å². The molecule has 0 bridgehead atoms. The topological polar surface area (TPSA) is 88.9 Å². The number of hydrogen-bond acceptors (Lipinski definition) is 5. The molecule has 0 aliphatic rings. The van der Waals surface area contributed by atoms with Gasteiger partial charge >= 0.3 is 0 Å². The Hall–Kier alpha value is -2.91. The second-order valence-electron chi connectivity index (χ2n) is 6.68. The van der Waals surface area contributed by atoms with Crippen molar-refractivity contribution >= 4 is 50.9 Å². The Labute approximate surface area is 193 Å². The maximum Gasteiger partial charge on any atom is 0.234 e. The van der Waals surface area contributed by atoms with Crippen molar-refractivity contribution < 1.29 is 9.59 Å². The number of allylic oxidation sites excluding steroid dienone is 1. The molecule has 160 valence electrons. The maximum atomic E-state index is 12.5. The van der Waals surface area contributed by atoms with E-state index in [1.807, 2.05) is 55.5 Å². The number of amides is 2. The SMILES string of the molecule is C=CCn1c(CC(=O)Nc2ccccc2C)nnc1SCC(=O)Nc1ccc(Br)cc1. The van der Waals surface area contributed by atoms with Gasteiger partial charge in [0.15, 0.2) is 5.16 Å². The first-order valence-corrected chi connectivity index (χ1v) is 11.3. The third-order valence-corrected chi connectivity index (χ3v) is 5.80. The fourth-order valence-corrected chi connectivity index (χ4v) is 3.81. The molecule has 2 amide bonds. The molecule has 3 aromatic rings. The van der Waals surface area contributed by atoms with Gasteiger partial charge in [0, 0.05) is 22.4 Å². The van der Waals surface area contributed by atoms with E-state index in [0.29, 0.717) is 17.5 Å². The number of rotatable bonds is 9. The monoisotopic (exact) mass is 499 g/mol. The van der Waals surface area contributed by atoms with Crippen molar-refractivity contribution in [2.24, 2.45) is 0 Å². The average molecular weight is 500 g/mol. The van der Waals surface area contributed by atoms with Crippen molar-refractivity contribution in [3.63, 3.8) is 0 Å². The van der Waals surface area contributed by atoms with Gasteiger partial charge in [-0.05, 0) is 42.8 Å². The first-order chi connectivity index (χ1) is 15.0. The van der Waals surface area contributed by atoms with Crippen molar-refractivity contribution in [2.75, 3.05) is 16.4 Å². The summed E-state index contributed by atoms with van der Waals surface area (Å²) in [7, 11) is 0. The third-order valence-electron chi connectivity index (χ3n) is 4.30. The van der Waals surface area contributed by atoms with E-state index in [9.17, 15) is 9.59 Å². The van der Waals surface area contributed by atoms with E-state index in [4.69, 9.17) is 0 Å². The number of anilines is 2. The molecule has 0 atom stereocenters. The fraction of sp³-hybridized carbons (Fsp3) is 0.182. The predicted molar refractivity (Wildman–Crippen MR) is 127 cm³/mol. The summed E-state index contributed by atoms with van der Waals surface area (Å²) in [5.41, 5.74) is 2.47. The minimum Gasteiger partial charge on any atom is -0.325 e. The van der Waals surface area contributed by atoms with Crippen LogP contribution >= 0.6 is 27.7 Å². The standard InChI is InChI=1S/C22H22BrN5O2S/c1-3-12-28-19(13-20(29)25-18-7-5-4-6-15(18)2)26-27-22(28)31-14-21(30)24-17-10-8-16(23)9-11-17/h3-11H,1,12-14H2,2H3,(H,24,30)(H,25,29). The van der Waals surface area contributed by atoms with Crippen LogP contribution in [0.5, 0.6) is 0 Å². The molecule has 1 aromatic heterocycles. The molecule has 1 heterocycles. The lowest BCUT2D eigenvalue weighted by molar-refractivity contribution is -0.116. The van der Waals surface area contributed by atoms with Crippen molar-refractivity contribution in [1.82, 2.24) is 14.8 Å². The molecule has 31 heavy (non-hydrogen) atoms. The van der Waals surface area contributed by atoms with Gasteiger partial charge in [-0.3, -0.25) is 9.59 Å². The lowest BCUT2D eigenvalue weighted by atomic mass is 10.2. The number of nitrogens with one attached hydrogen (secondary N) is 2. The zero-order chi connectivity index (χ0) is 22.2. The number of aryl methyl sites for hydroxylation is 1. The molecule has 0 radical (unpaired) electrons. The van der Waals surface area contributed by atoms with Crippen LogP contribution in [0.3, 0.4) is 0 Å². The summed E-state index contributed by atoms with van der Waals surface area (Å²) in [6.07, 6.45) is 1.78. The molecule has 0 unspecified atom stereocenters. The average Bonchev–Trinajstić information content (AvgIpc) is 3.11. The van der Waals surface area contributed by atoms with Gasteiger partial charge in [0.05, 0.1) is 12.2 Å². The number of aromatic nitrogens is 3. The summed E-state index contributed by atoms with van der Waals surface area (Å²) < 4.78 is 2.73. The van der Waals surface area contributed by atoms with Gasteiger partial charge in [-0.1, -0.05) is 52.0 Å². The summed E-state index contributed by atoms with van der Waals surface area (Å²) in [5, 5.41) is 14.6. The number of benzene rings is 2. The lowest BCUT2D eigenvalue weighted by Gasteiger charge is -2.10. The van der Waals surface area contributed by atoms with E-state index >= 15 is 0 Å². The minimum atomic E-state index is -0.184. The van der Waals surface area contributed by atoms with Crippen LogP contribution in [0.2, 0.25) is 0 Å². The summed E-state index contributed by atoms with van der Waals surface area (Å²) in [6, 6.07) is 14.9. The molecule has 0 saturated carbocycles. The summed E-state index contributed by atoms with van der Waals surface area (Å²) in [6.45, 7) is 6.14. The molecule has 0 spiro atoms. The number of thioether (sulfide) groups is 1. The summed E-state index contributed by atoms with van der Waals surface area (Å²) in [4.78, 5) is 24.8.